The van der Waals surface area contributed by atoms with E-state index in [2.05, 4.69) is 4.98 Å². The minimum atomic E-state index is -1.20. The van der Waals surface area contributed by atoms with Crippen LogP contribution >= 0.6 is 11.3 Å². The topological polar surface area (TPSA) is 22.1 Å². The lowest BCUT2D eigenvalue weighted by molar-refractivity contribution is 0.305. The summed E-state index contributed by atoms with van der Waals surface area (Å²) in [5, 5.41) is 2.87. The van der Waals surface area contributed by atoms with Crippen LogP contribution in [0.5, 0.6) is 5.75 Å². The number of aromatic nitrogens is 1. The van der Waals surface area contributed by atoms with Gasteiger partial charge < -0.3 is 4.74 Å². The van der Waals surface area contributed by atoms with Gasteiger partial charge in [-0.2, -0.15) is 0 Å². The van der Waals surface area contributed by atoms with Gasteiger partial charge in [-0.15, -0.1) is 11.3 Å². The first kappa shape index (κ1) is 16.5. The predicted molar refractivity (Wildman–Crippen MR) is 87.6 cm³/mol. The van der Waals surface area contributed by atoms with Crippen LogP contribution in [0.4, 0.5) is 13.2 Å². The summed E-state index contributed by atoms with van der Waals surface area (Å²) < 4.78 is 45.7. The van der Waals surface area contributed by atoms with Crippen molar-refractivity contribution in [3.63, 3.8) is 0 Å². The standard InChI is InChI=1S/C18H14F3NOS/c1-2-12-10-24-18(22-12)9-23-13-5-3-11(4-6-13)14-7-16(20)17(21)8-15(14)19/h3-8,10H,2,9H2,1H3. The van der Waals surface area contributed by atoms with Crippen LogP contribution in [0, 0.1) is 17.5 Å². The van der Waals surface area contributed by atoms with Crippen LogP contribution in [0.15, 0.2) is 41.8 Å². The highest BCUT2D eigenvalue weighted by Gasteiger charge is 2.11. The van der Waals surface area contributed by atoms with Crippen molar-refractivity contribution in [2.75, 3.05) is 0 Å². The molecule has 0 radical (unpaired) electrons. The molecule has 124 valence electrons. The smallest absolute Gasteiger partial charge is 0.161 e. The largest absolute Gasteiger partial charge is 0.486 e. The van der Waals surface area contributed by atoms with Gasteiger partial charge >= 0.3 is 0 Å². The predicted octanol–water partition coefficient (Wildman–Crippen LogP) is 5.37. The fourth-order valence-electron chi connectivity index (χ4n) is 2.20. The number of hydrogen-bond acceptors (Lipinski definition) is 3. The molecular formula is C18H14F3NOS. The van der Waals surface area contributed by atoms with Gasteiger partial charge in [0.15, 0.2) is 11.6 Å². The molecule has 0 N–H and O–H groups in total. The van der Waals surface area contributed by atoms with Crippen LogP contribution in [0.3, 0.4) is 0 Å². The Bertz CT molecular complexity index is 846. The van der Waals surface area contributed by atoms with Gasteiger partial charge in [0.2, 0.25) is 0 Å². The molecule has 0 spiro atoms. The number of halogens is 3. The number of nitrogens with zero attached hydrogens (tertiary/aromatic N) is 1. The van der Waals surface area contributed by atoms with Gasteiger partial charge in [-0.3, -0.25) is 0 Å². The molecular weight excluding hydrogens is 335 g/mol. The normalized spacial score (nSPS) is 10.8. The fourth-order valence-corrected chi connectivity index (χ4v) is 2.99. The van der Waals surface area contributed by atoms with E-state index in [0.29, 0.717) is 24.0 Å². The van der Waals surface area contributed by atoms with E-state index in [1.54, 1.807) is 24.3 Å². The summed E-state index contributed by atoms with van der Waals surface area (Å²) in [4.78, 5) is 4.41. The van der Waals surface area contributed by atoms with E-state index in [-0.39, 0.29) is 5.56 Å². The molecule has 3 rings (SSSR count). The second-order valence-electron chi connectivity index (χ2n) is 5.15. The maximum absolute atomic E-state index is 13.8. The van der Waals surface area contributed by atoms with Gasteiger partial charge in [0.1, 0.15) is 23.2 Å². The number of aryl methyl sites for hydroxylation is 1. The average molecular weight is 349 g/mol. The summed E-state index contributed by atoms with van der Waals surface area (Å²) in [5.74, 6) is -2.50. The van der Waals surface area contributed by atoms with Crippen LogP contribution in [-0.4, -0.2) is 4.98 Å². The molecule has 2 aromatic carbocycles. The molecule has 0 saturated carbocycles. The van der Waals surface area contributed by atoms with Gasteiger partial charge in [-0.05, 0) is 30.2 Å². The van der Waals surface area contributed by atoms with Gasteiger partial charge in [0, 0.05) is 17.0 Å². The molecule has 0 amide bonds. The van der Waals surface area contributed by atoms with Crippen molar-refractivity contribution in [3.05, 3.63) is 69.9 Å². The fraction of sp³-hybridized carbons (Fsp3) is 0.167. The summed E-state index contributed by atoms with van der Waals surface area (Å²) in [6.45, 7) is 2.39. The highest BCUT2D eigenvalue weighted by Crippen LogP contribution is 2.27. The van der Waals surface area contributed by atoms with E-state index in [4.69, 9.17) is 4.74 Å². The monoisotopic (exact) mass is 349 g/mol. The Kier molecular flexibility index (Phi) is 4.85. The van der Waals surface area contributed by atoms with Crippen molar-refractivity contribution in [2.24, 2.45) is 0 Å². The summed E-state index contributed by atoms with van der Waals surface area (Å²) >= 11 is 1.54. The Morgan fingerprint density at radius 2 is 1.71 bits per heavy atom. The number of ether oxygens (including phenoxy) is 1. The molecule has 0 bridgehead atoms. The first-order valence-corrected chi connectivity index (χ1v) is 8.26. The van der Waals surface area contributed by atoms with E-state index in [9.17, 15) is 13.2 Å². The molecule has 1 heterocycles. The van der Waals surface area contributed by atoms with Crippen LogP contribution in [-0.2, 0) is 13.0 Å². The van der Waals surface area contributed by atoms with Crippen molar-refractivity contribution >= 4 is 11.3 Å². The summed E-state index contributed by atoms with van der Waals surface area (Å²) in [6, 6.07) is 7.91. The summed E-state index contributed by atoms with van der Waals surface area (Å²) in [5.41, 5.74) is 1.48. The van der Waals surface area contributed by atoms with Crippen molar-refractivity contribution < 1.29 is 17.9 Å². The average Bonchev–Trinajstić information content (AvgIpc) is 3.05. The zero-order valence-corrected chi connectivity index (χ0v) is 13.7. The molecule has 0 fully saturated rings. The van der Waals surface area contributed by atoms with Gasteiger partial charge in [0.25, 0.3) is 0 Å². The molecule has 0 aliphatic heterocycles. The number of rotatable bonds is 5. The maximum Gasteiger partial charge on any atom is 0.161 e. The van der Waals surface area contributed by atoms with E-state index in [1.165, 1.54) is 11.3 Å². The lowest BCUT2D eigenvalue weighted by Crippen LogP contribution is -1.95. The second-order valence-corrected chi connectivity index (χ2v) is 6.09. The van der Waals surface area contributed by atoms with Gasteiger partial charge in [0.05, 0.1) is 5.69 Å². The summed E-state index contributed by atoms with van der Waals surface area (Å²) in [7, 11) is 0. The highest BCUT2D eigenvalue weighted by atomic mass is 32.1. The minimum absolute atomic E-state index is 0.00737. The lowest BCUT2D eigenvalue weighted by atomic mass is 10.0. The number of thiazole rings is 1. The zero-order valence-electron chi connectivity index (χ0n) is 12.9. The van der Waals surface area contributed by atoms with Crippen molar-refractivity contribution in [1.29, 1.82) is 0 Å². The molecule has 1 aromatic heterocycles. The summed E-state index contributed by atoms with van der Waals surface area (Å²) in [6.07, 6.45) is 0.880. The molecule has 0 atom stereocenters. The number of benzene rings is 2. The first-order chi connectivity index (χ1) is 11.6. The molecule has 2 nitrogen and oxygen atoms in total. The van der Waals surface area contributed by atoms with E-state index in [0.717, 1.165) is 23.2 Å². The SMILES string of the molecule is CCc1csc(COc2ccc(-c3cc(F)c(F)cc3F)cc2)n1. The van der Waals surface area contributed by atoms with Crippen LogP contribution in [0.1, 0.15) is 17.6 Å². The lowest BCUT2D eigenvalue weighted by Gasteiger charge is -2.07. The third-order valence-electron chi connectivity index (χ3n) is 3.50. The third kappa shape index (κ3) is 3.59. The quantitative estimate of drug-likeness (QED) is 0.578. The molecule has 24 heavy (non-hydrogen) atoms. The Morgan fingerprint density at radius 3 is 2.38 bits per heavy atom. The van der Waals surface area contributed by atoms with E-state index in [1.807, 2.05) is 12.3 Å². The van der Waals surface area contributed by atoms with Gasteiger partial charge in [-0.1, -0.05) is 19.1 Å². The zero-order chi connectivity index (χ0) is 17.1. The number of hydrogen-bond donors (Lipinski definition) is 0. The molecule has 0 aliphatic carbocycles. The Balaban J connectivity index is 1.72. The second kappa shape index (κ2) is 7.05. The van der Waals surface area contributed by atoms with E-state index >= 15 is 0 Å². The van der Waals surface area contributed by atoms with Crippen molar-refractivity contribution in [1.82, 2.24) is 4.98 Å². The third-order valence-corrected chi connectivity index (χ3v) is 4.37. The maximum atomic E-state index is 13.8. The van der Waals surface area contributed by atoms with Crippen LogP contribution in [0.2, 0.25) is 0 Å². The molecule has 0 saturated heterocycles. The molecule has 0 unspecified atom stereocenters. The molecule has 6 heteroatoms. The first-order valence-electron chi connectivity index (χ1n) is 7.38. The Morgan fingerprint density at radius 1 is 1.00 bits per heavy atom. The van der Waals surface area contributed by atoms with Crippen LogP contribution in [0.25, 0.3) is 11.1 Å². The Hall–Kier alpha value is -2.34. The minimum Gasteiger partial charge on any atom is -0.486 e. The molecule has 0 aliphatic rings. The highest BCUT2D eigenvalue weighted by molar-refractivity contribution is 7.09. The molecule has 3 aromatic rings. The van der Waals surface area contributed by atoms with E-state index < -0.39 is 17.5 Å². The van der Waals surface area contributed by atoms with Crippen molar-refractivity contribution in [2.45, 2.75) is 20.0 Å². The van der Waals surface area contributed by atoms with Crippen molar-refractivity contribution in [3.8, 4) is 16.9 Å². The van der Waals surface area contributed by atoms with Crippen LogP contribution < -0.4 is 4.74 Å². The Labute approximate surface area is 141 Å². The van der Waals surface area contributed by atoms with Gasteiger partial charge in [-0.25, -0.2) is 18.2 Å².